The van der Waals surface area contributed by atoms with Gasteiger partial charge in [-0.25, -0.2) is 8.42 Å². The second-order valence-electron chi connectivity index (χ2n) is 3.91. The highest BCUT2D eigenvalue weighted by Crippen LogP contribution is 2.32. The van der Waals surface area contributed by atoms with Crippen molar-refractivity contribution in [1.29, 1.82) is 0 Å². The van der Waals surface area contributed by atoms with Gasteiger partial charge < -0.3 is 4.74 Å². The maximum atomic E-state index is 12.5. The van der Waals surface area contributed by atoms with Crippen molar-refractivity contribution in [3.8, 4) is 5.75 Å². The van der Waals surface area contributed by atoms with Gasteiger partial charge >= 0.3 is 6.18 Å². The van der Waals surface area contributed by atoms with Gasteiger partial charge in [0.05, 0.1) is 18.2 Å². The van der Waals surface area contributed by atoms with Crippen LogP contribution in [0.2, 0.25) is 0 Å². The molecule has 0 atom stereocenters. The molecule has 0 heterocycles. The maximum absolute atomic E-state index is 12.5. The van der Waals surface area contributed by atoms with Crippen LogP contribution in [0.1, 0.15) is 15.9 Å². The fraction of sp³-hybridized carbons (Fsp3) is 0.364. The first-order chi connectivity index (χ1) is 8.54. The van der Waals surface area contributed by atoms with Gasteiger partial charge in [0, 0.05) is 6.26 Å². The summed E-state index contributed by atoms with van der Waals surface area (Å²) in [5, 5.41) is 0. The van der Waals surface area contributed by atoms with E-state index >= 15 is 0 Å². The first kappa shape index (κ1) is 15.5. The highest BCUT2D eigenvalue weighted by atomic mass is 32.2. The number of Topliss-reactive ketones (excluding diaryl/α,β-unsaturated/α-hetero) is 1. The van der Waals surface area contributed by atoms with E-state index in [1.165, 1.54) is 7.11 Å². The summed E-state index contributed by atoms with van der Waals surface area (Å²) >= 11 is 0. The van der Waals surface area contributed by atoms with E-state index in [0.717, 1.165) is 18.4 Å². The number of hydrogen-bond acceptors (Lipinski definition) is 4. The van der Waals surface area contributed by atoms with E-state index in [-0.39, 0.29) is 5.75 Å². The van der Waals surface area contributed by atoms with Gasteiger partial charge in [0.1, 0.15) is 11.5 Å². The van der Waals surface area contributed by atoms with Crippen molar-refractivity contribution in [3.63, 3.8) is 0 Å². The van der Waals surface area contributed by atoms with Crippen molar-refractivity contribution >= 4 is 15.6 Å². The molecule has 0 radical (unpaired) electrons. The lowest BCUT2D eigenvalue weighted by molar-refractivity contribution is -0.137. The number of carbonyl (C=O) groups excluding carboxylic acids is 1. The van der Waals surface area contributed by atoms with E-state index in [0.29, 0.717) is 6.07 Å². The average molecular weight is 296 g/mol. The Bertz CT molecular complexity index is 590. The minimum absolute atomic E-state index is 0.0957. The summed E-state index contributed by atoms with van der Waals surface area (Å²) < 4.78 is 64.4. The molecule has 0 saturated carbocycles. The van der Waals surface area contributed by atoms with Crippen LogP contribution in [0, 0.1) is 0 Å². The number of ketones is 1. The molecule has 0 unspecified atom stereocenters. The molecule has 19 heavy (non-hydrogen) atoms. The van der Waals surface area contributed by atoms with Crippen LogP contribution < -0.4 is 4.74 Å². The Kier molecular flexibility index (Phi) is 4.24. The molecular weight excluding hydrogens is 285 g/mol. The van der Waals surface area contributed by atoms with E-state index in [4.69, 9.17) is 4.74 Å². The number of ether oxygens (including phenoxy) is 1. The minimum atomic E-state index is -4.62. The molecule has 0 saturated heterocycles. The SMILES string of the molecule is COc1ccc(C(F)(F)F)cc1C(=O)CS(C)(=O)=O. The molecule has 0 spiro atoms. The van der Waals surface area contributed by atoms with Gasteiger partial charge in [-0.05, 0) is 18.2 Å². The van der Waals surface area contributed by atoms with Crippen LogP contribution in [0.5, 0.6) is 5.75 Å². The fourth-order valence-corrected chi connectivity index (χ4v) is 2.05. The summed E-state index contributed by atoms with van der Waals surface area (Å²) in [5.41, 5.74) is -1.44. The Balaban J connectivity index is 3.28. The van der Waals surface area contributed by atoms with Crippen LogP contribution in [-0.2, 0) is 16.0 Å². The number of carbonyl (C=O) groups is 1. The van der Waals surface area contributed by atoms with Crippen molar-refractivity contribution in [2.24, 2.45) is 0 Å². The lowest BCUT2D eigenvalue weighted by Gasteiger charge is -2.11. The van der Waals surface area contributed by atoms with Crippen LogP contribution in [0.3, 0.4) is 0 Å². The molecule has 0 bridgehead atoms. The topological polar surface area (TPSA) is 60.4 Å². The summed E-state index contributed by atoms with van der Waals surface area (Å²) in [4.78, 5) is 11.7. The standard InChI is InChI=1S/C11H11F3O4S/c1-18-10-4-3-7(11(12,13)14)5-8(10)9(15)6-19(2,16)17/h3-5H,6H2,1-2H3. The molecule has 1 aromatic carbocycles. The highest BCUT2D eigenvalue weighted by Gasteiger charge is 2.32. The van der Waals surface area contributed by atoms with E-state index in [2.05, 4.69) is 0 Å². The molecule has 106 valence electrons. The van der Waals surface area contributed by atoms with E-state index in [1.54, 1.807) is 0 Å². The van der Waals surface area contributed by atoms with E-state index in [1.807, 2.05) is 0 Å². The molecule has 0 aliphatic heterocycles. The summed E-state index contributed by atoms with van der Waals surface area (Å²) in [6.07, 6.45) is -3.79. The van der Waals surface area contributed by atoms with Crippen molar-refractivity contribution in [3.05, 3.63) is 29.3 Å². The largest absolute Gasteiger partial charge is 0.496 e. The molecule has 0 aliphatic carbocycles. The van der Waals surface area contributed by atoms with Gasteiger partial charge in [-0.3, -0.25) is 4.79 Å². The number of methoxy groups -OCH3 is 1. The van der Waals surface area contributed by atoms with Crippen molar-refractivity contribution < 1.29 is 31.1 Å². The summed E-state index contributed by atoms with van der Waals surface area (Å²) in [6, 6.07) is 2.33. The molecule has 1 rings (SSSR count). The van der Waals surface area contributed by atoms with Gasteiger partial charge in [0.15, 0.2) is 15.6 Å². The summed E-state index contributed by atoms with van der Waals surface area (Å²) in [5.74, 6) is -1.91. The Morgan fingerprint density at radius 2 is 1.89 bits per heavy atom. The number of alkyl halides is 3. The van der Waals surface area contributed by atoms with Crippen LogP contribution in [0.15, 0.2) is 18.2 Å². The highest BCUT2D eigenvalue weighted by molar-refractivity contribution is 7.91. The zero-order valence-corrected chi connectivity index (χ0v) is 10.9. The van der Waals surface area contributed by atoms with Crippen molar-refractivity contribution in [1.82, 2.24) is 0 Å². The molecular formula is C11H11F3O4S. The molecule has 0 aliphatic rings. The number of halogens is 3. The van der Waals surface area contributed by atoms with Crippen LogP contribution in [0.25, 0.3) is 0 Å². The first-order valence-corrected chi connectivity index (χ1v) is 7.07. The zero-order chi connectivity index (χ0) is 14.8. The van der Waals surface area contributed by atoms with Crippen LogP contribution in [0.4, 0.5) is 13.2 Å². The number of rotatable bonds is 4. The Morgan fingerprint density at radius 3 is 2.32 bits per heavy atom. The molecule has 0 fully saturated rings. The normalized spacial score (nSPS) is 12.3. The van der Waals surface area contributed by atoms with Gasteiger partial charge in [-0.15, -0.1) is 0 Å². The smallest absolute Gasteiger partial charge is 0.416 e. The Labute approximate surface area is 108 Å². The van der Waals surface area contributed by atoms with Gasteiger partial charge in [0.2, 0.25) is 0 Å². The maximum Gasteiger partial charge on any atom is 0.416 e. The monoisotopic (exact) mass is 296 g/mol. The summed E-state index contributed by atoms with van der Waals surface area (Å²) in [6.45, 7) is 0. The van der Waals surface area contributed by atoms with Gasteiger partial charge in [-0.1, -0.05) is 0 Å². The van der Waals surface area contributed by atoms with Crippen LogP contribution in [-0.4, -0.2) is 33.3 Å². The van der Waals surface area contributed by atoms with Crippen molar-refractivity contribution in [2.75, 3.05) is 19.1 Å². The predicted molar refractivity (Wildman–Crippen MR) is 62.0 cm³/mol. The molecule has 0 aromatic heterocycles. The van der Waals surface area contributed by atoms with E-state index in [9.17, 15) is 26.4 Å². The van der Waals surface area contributed by atoms with Crippen LogP contribution >= 0.6 is 0 Å². The third-order valence-corrected chi connectivity index (χ3v) is 3.01. The number of benzene rings is 1. The molecule has 4 nitrogen and oxygen atoms in total. The van der Waals surface area contributed by atoms with Gasteiger partial charge in [0.25, 0.3) is 0 Å². The fourth-order valence-electron chi connectivity index (χ4n) is 1.42. The minimum Gasteiger partial charge on any atom is -0.496 e. The van der Waals surface area contributed by atoms with Crippen molar-refractivity contribution in [2.45, 2.75) is 6.18 Å². The number of hydrogen-bond donors (Lipinski definition) is 0. The number of sulfone groups is 1. The van der Waals surface area contributed by atoms with E-state index < -0.39 is 38.7 Å². The lowest BCUT2D eigenvalue weighted by atomic mass is 10.1. The first-order valence-electron chi connectivity index (χ1n) is 5.01. The average Bonchev–Trinajstić information content (AvgIpc) is 2.24. The van der Waals surface area contributed by atoms with Gasteiger partial charge in [-0.2, -0.15) is 13.2 Å². The lowest BCUT2D eigenvalue weighted by Crippen LogP contribution is -2.16. The molecule has 8 heteroatoms. The summed E-state index contributed by atoms with van der Waals surface area (Å²) in [7, 11) is -2.45. The second-order valence-corrected chi connectivity index (χ2v) is 6.05. The Hall–Kier alpha value is -1.57. The third-order valence-electron chi connectivity index (χ3n) is 2.22. The Morgan fingerprint density at radius 1 is 1.32 bits per heavy atom. The third kappa shape index (κ3) is 4.23. The second kappa shape index (κ2) is 5.20. The zero-order valence-electron chi connectivity index (χ0n) is 10.1. The quantitative estimate of drug-likeness (QED) is 0.797. The predicted octanol–water partition coefficient (Wildman–Crippen LogP) is 1.94. The molecule has 0 amide bonds. The molecule has 1 aromatic rings. The molecule has 0 N–H and O–H groups in total.